The average Bonchev–Trinajstić information content (AvgIpc) is 2.97. The van der Waals surface area contributed by atoms with Crippen molar-refractivity contribution < 1.29 is 9.90 Å². The third-order valence-corrected chi connectivity index (χ3v) is 3.79. The smallest absolute Gasteiger partial charge is 0.243 e. The molecule has 23 heavy (non-hydrogen) atoms. The minimum Gasteiger partial charge on any atom is -0.394 e. The number of hydrogen-bond donors (Lipinski definition) is 4. The van der Waals surface area contributed by atoms with Gasteiger partial charge in [-0.3, -0.25) is 4.79 Å². The molecule has 3 aromatic rings. The van der Waals surface area contributed by atoms with E-state index in [0.717, 1.165) is 17.3 Å². The highest BCUT2D eigenvalue weighted by Gasteiger charge is 2.14. The Bertz CT molecular complexity index is 812. The first kappa shape index (κ1) is 15.3. The largest absolute Gasteiger partial charge is 0.394 e. The number of nitrogens with two attached hydrogens (primary N) is 1. The van der Waals surface area contributed by atoms with Gasteiger partial charge < -0.3 is 21.1 Å². The summed E-state index contributed by atoms with van der Waals surface area (Å²) in [5.74, 6) is -0.401. The van der Waals surface area contributed by atoms with Crippen molar-refractivity contribution in [1.82, 2.24) is 4.98 Å². The number of amides is 1. The Balaban J connectivity index is 1.81. The van der Waals surface area contributed by atoms with E-state index in [4.69, 9.17) is 10.8 Å². The third kappa shape index (κ3) is 3.41. The Morgan fingerprint density at radius 1 is 1.17 bits per heavy atom. The Labute approximate surface area is 134 Å². The molecule has 0 fully saturated rings. The van der Waals surface area contributed by atoms with E-state index in [2.05, 4.69) is 28.5 Å². The van der Waals surface area contributed by atoms with Gasteiger partial charge in [-0.25, -0.2) is 0 Å². The fourth-order valence-corrected chi connectivity index (χ4v) is 2.53. The molecular weight excluding hydrogens is 290 g/mol. The van der Waals surface area contributed by atoms with Gasteiger partial charge in [-0.05, 0) is 23.6 Å². The van der Waals surface area contributed by atoms with Crippen LogP contribution in [0.5, 0.6) is 0 Å². The Hall–Kier alpha value is -2.63. The molecule has 5 heteroatoms. The summed E-state index contributed by atoms with van der Waals surface area (Å²) in [6.45, 7) is -0.380. The zero-order chi connectivity index (χ0) is 16.2. The molecule has 1 amide bonds. The highest BCUT2D eigenvalue weighted by Crippen LogP contribution is 2.25. The predicted molar refractivity (Wildman–Crippen MR) is 91.2 cm³/mol. The zero-order valence-corrected chi connectivity index (χ0v) is 12.6. The van der Waals surface area contributed by atoms with Crippen molar-refractivity contribution in [2.24, 2.45) is 5.73 Å². The van der Waals surface area contributed by atoms with Crippen LogP contribution in [0.2, 0.25) is 0 Å². The molecule has 1 atom stereocenters. The highest BCUT2D eigenvalue weighted by atomic mass is 16.3. The van der Waals surface area contributed by atoms with Crippen molar-refractivity contribution in [3.05, 3.63) is 65.9 Å². The van der Waals surface area contributed by atoms with E-state index in [9.17, 15) is 4.79 Å². The quantitative estimate of drug-likeness (QED) is 0.581. The van der Waals surface area contributed by atoms with Gasteiger partial charge >= 0.3 is 0 Å². The van der Waals surface area contributed by atoms with Crippen LogP contribution in [0.1, 0.15) is 11.1 Å². The Morgan fingerprint density at radius 2 is 1.96 bits per heavy atom. The standard InChI is InChI=1S/C18H19N3O2/c19-15(11-22)18(23)21-17-10-20-16-9-13(6-7-14(16)17)8-12-4-2-1-3-5-12/h1-7,9-10,15,20,22H,8,11,19H2,(H,21,23)/t15-/m1/s1. The molecule has 5 nitrogen and oxygen atoms in total. The van der Waals surface area contributed by atoms with Crippen LogP contribution in [-0.2, 0) is 11.2 Å². The highest BCUT2D eigenvalue weighted by molar-refractivity contribution is 6.03. The van der Waals surface area contributed by atoms with Gasteiger partial charge in [0.05, 0.1) is 12.3 Å². The molecule has 0 aliphatic heterocycles. The van der Waals surface area contributed by atoms with E-state index in [1.54, 1.807) is 6.20 Å². The fourth-order valence-electron chi connectivity index (χ4n) is 2.53. The van der Waals surface area contributed by atoms with Crippen molar-refractivity contribution in [2.75, 3.05) is 11.9 Å². The molecule has 118 valence electrons. The Morgan fingerprint density at radius 3 is 2.70 bits per heavy atom. The van der Waals surface area contributed by atoms with Gasteiger partial charge in [-0.2, -0.15) is 0 Å². The van der Waals surface area contributed by atoms with E-state index in [1.165, 1.54) is 11.1 Å². The lowest BCUT2D eigenvalue weighted by atomic mass is 10.0. The second-order valence-electron chi connectivity index (χ2n) is 5.52. The molecule has 0 aliphatic rings. The second-order valence-corrected chi connectivity index (χ2v) is 5.52. The molecule has 0 spiro atoms. The zero-order valence-electron chi connectivity index (χ0n) is 12.6. The maximum atomic E-state index is 11.8. The normalized spacial score (nSPS) is 12.3. The van der Waals surface area contributed by atoms with E-state index < -0.39 is 11.9 Å². The van der Waals surface area contributed by atoms with Crippen LogP contribution in [0.25, 0.3) is 10.9 Å². The minimum absolute atomic E-state index is 0.380. The Kier molecular flexibility index (Phi) is 4.41. The summed E-state index contributed by atoms with van der Waals surface area (Å²) in [7, 11) is 0. The average molecular weight is 309 g/mol. The number of rotatable bonds is 5. The number of aromatic amines is 1. The predicted octanol–water partition coefficient (Wildman–Crippen LogP) is 2.02. The monoisotopic (exact) mass is 309 g/mol. The topological polar surface area (TPSA) is 91.1 Å². The number of aliphatic hydroxyl groups is 1. The first-order valence-corrected chi connectivity index (χ1v) is 7.48. The molecular formula is C18H19N3O2. The van der Waals surface area contributed by atoms with Gasteiger partial charge in [0.2, 0.25) is 5.91 Å². The summed E-state index contributed by atoms with van der Waals surface area (Å²) < 4.78 is 0. The summed E-state index contributed by atoms with van der Waals surface area (Å²) in [5, 5.41) is 12.6. The molecule has 0 radical (unpaired) electrons. The number of carbonyl (C=O) groups excluding carboxylic acids is 1. The van der Waals surface area contributed by atoms with E-state index in [1.807, 2.05) is 30.3 Å². The van der Waals surface area contributed by atoms with Crippen molar-refractivity contribution in [3.8, 4) is 0 Å². The number of fused-ring (bicyclic) bond motifs is 1. The third-order valence-electron chi connectivity index (χ3n) is 3.79. The molecule has 0 unspecified atom stereocenters. The van der Waals surface area contributed by atoms with E-state index in [-0.39, 0.29) is 6.61 Å². The lowest BCUT2D eigenvalue weighted by Gasteiger charge is -2.08. The molecule has 0 saturated heterocycles. The summed E-state index contributed by atoms with van der Waals surface area (Å²) in [6.07, 6.45) is 2.59. The van der Waals surface area contributed by atoms with Crippen LogP contribution >= 0.6 is 0 Å². The van der Waals surface area contributed by atoms with Gasteiger partial charge in [0.15, 0.2) is 0 Å². The molecule has 5 N–H and O–H groups in total. The van der Waals surface area contributed by atoms with Crippen LogP contribution < -0.4 is 11.1 Å². The van der Waals surface area contributed by atoms with Crippen LogP contribution in [0, 0.1) is 0 Å². The number of hydrogen-bond acceptors (Lipinski definition) is 3. The number of aliphatic hydroxyl groups excluding tert-OH is 1. The molecule has 1 heterocycles. The minimum atomic E-state index is -0.919. The molecule has 2 aromatic carbocycles. The number of nitrogens with one attached hydrogen (secondary N) is 2. The van der Waals surface area contributed by atoms with Crippen LogP contribution in [0.4, 0.5) is 5.69 Å². The maximum Gasteiger partial charge on any atom is 0.243 e. The molecule has 0 saturated carbocycles. The van der Waals surface area contributed by atoms with Gasteiger partial charge in [-0.1, -0.05) is 42.5 Å². The van der Waals surface area contributed by atoms with Gasteiger partial charge in [0.1, 0.15) is 6.04 Å². The van der Waals surface area contributed by atoms with Crippen molar-refractivity contribution >= 4 is 22.5 Å². The number of aromatic nitrogens is 1. The maximum absolute atomic E-state index is 11.8. The number of carbonyl (C=O) groups is 1. The fraction of sp³-hybridized carbons (Fsp3) is 0.167. The van der Waals surface area contributed by atoms with Crippen molar-refractivity contribution in [2.45, 2.75) is 12.5 Å². The molecule has 0 aliphatic carbocycles. The van der Waals surface area contributed by atoms with Crippen molar-refractivity contribution in [3.63, 3.8) is 0 Å². The van der Waals surface area contributed by atoms with E-state index >= 15 is 0 Å². The number of benzene rings is 2. The summed E-state index contributed by atoms with van der Waals surface area (Å²) >= 11 is 0. The number of H-pyrrole nitrogens is 1. The van der Waals surface area contributed by atoms with Crippen LogP contribution in [-0.4, -0.2) is 28.6 Å². The van der Waals surface area contributed by atoms with Gasteiger partial charge in [0, 0.05) is 17.1 Å². The van der Waals surface area contributed by atoms with Crippen LogP contribution in [0.3, 0.4) is 0 Å². The van der Waals surface area contributed by atoms with E-state index in [0.29, 0.717) is 5.69 Å². The first-order valence-electron chi connectivity index (χ1n) is 7.48. The molecule has 3 rings (SSSR count). The van der Waals surface area contributed by atoms with Gasteiger partial charge in [0.25, 0.3) is 0 Å². The lowest BCUT2D eigenvalue weighted by molar-refractivity contribution is -0.118. The molecule has 1 aromatic heterocycles. The number of anilines is 1. The summed E-state index contributed by atoms with van der Waals surface area (Å²) in [4.78, 5) is 14.9. The van der Waals surface area contributed by atoms with Crippen LogP contribution in [0.15, 0.2) is 54.7 Å². The lowest BCUT2D eigenvalue weighted by Crippen LogP contribution is -2.38. The molecule has 0 bridgehead atoms. The van der Waals surface area contributed by atoms with Crippen molar-refractivity contribution in [1.29, 1.82) is 0 Å². The summed E-state index contributed by atoms with van der Waals surface area (Å²) in [6, 6.07) is 15.4. The first-order chi connectivity index (χ1) is 11.2. The van der Waals surface area contributed by atoms with Gasteiger partial charge in [-0.15, -0.1) is 0 Å². The SMILES string of the molecule is N[C@H](CO)C(=O)Nc1c[nH]c2cc(Cc3ccccc3)ccc12. The summed E-state index contributed by atoms with van der Waals surface area (Å²) in [5.41, 5.74) is 9.57. The second kappa shape index (κ2) is 6.64.